The lowest BCUT2D eigenvalue weighted by molar-refractivity contribution is 0.308. The Balaban J connectivity index is 1.67. The van der Waals surface area contributed by atoms with Crippen LogP contribution in [0.2, 0.25) is 0 Å². The van der Waals surface area contributed by atoms with Crippen molar-refractivity contribution in [3.8, 4) is 0 Å². The fourth-order valence-electron chi connectivity index (χ4n) is 2.42. The van der Waals surface area contributed by atoms with Crippen LogP contribution in [0.1, 0.15) is 37.1 Å². The predicted octanol–water partition coefficient (Wildman–Crippen LogP) is 1.59. The third-order valence-corrected chi connectivity index (χ3v) is 3.24. The zero-order valence-corrected chi connectivity index (χ0v) is 9.91. The third kappa shape index (κ3) is 3.32. The Bertz CT molecular complexity index is 324. The highest BCUT2D eigenvalue weighted by atomic mass is 16.5. The number of nitrogens with one attached hydrogen (secondary N) is 1. The first kappa shape index (κ1) is 11.6. The van der Waals surface area contributed by atoms with E-state index in [1.165, 1.54) is 19.3 Å². The quantitative estimate of drug-likeness (QED) is 0.813. The number of aromatic nitrogens is 1. The summed E-state index contributed by atoms with van der Waals surface area (Å²) in [6.45, 7) is 3.75. The van der Waals surface area contributed by atoms with E-state index in [9.17, 15) is 0 Å². The van der Waals surface area contributed by atoms with Gasteiger partial charge in [-0.05, 0) is 38.6 Å². The molecule has 0 aromatic carbocycles. The van der Waals surface area contributed by atoms with Gasteiger partial charge in [-0.15, -0.1) is 0 Å². The van der Waals surface area contributed by atoms with Gasteiger partial charge in [-0.1, -0.05) is 11.6 Å². The fourth-order valence-corrected chi connectivity index (χ4v) is 2.42. The minimum atomic E-state index is 0.412. The number of hydrogen-bond acceptors (Lipinski definition) is 4. The molecule has 0 saturated heterocycles. The summed E-state index contributed by atoms with van der Waals surface area (Å²) >= 11 is 0. The van der Waals surface area contributed by atoms with Gasteiger partial charge in [-0.2, -0.15) is 0 Å². The molecule has 4 nitrogen and oxygen atoms in total. The summed E-state index contributed by atoms with van der Waals surface area (Å²) in [6, 6.07) is 2.38. The molecule has 1 heterocycles. The van der Waals surface area contributed by atoms with Gasteiger partial charge in [0.25, 0.3) is 0 Å². The van der Waals surface area contributed by atoms with Crippen LogP contribution in [0.15, 0.2) is 10.6 Å². The van der Waals surface area contributed by atoms with Crippen molar-refractivity contribution in [3.05, 3.63) is 17.5 Å². The highest BCUT2D eigenvalue weighted by Crippen LogP contribution is 2.22. The molecule has 1 aromatic rings. The van der Waals surface area contributed by atoms with Crippen molar-refractivity contribution >= 4 is 0 Å². The molecule has 2 rings (SSSR count). The molecule has 4 heteroatoms. The van der Waals surface area contributed by atoms with E-state index in [0.29, 0.717) is 6.04 Å². The molecule has 16 heavy (non-hydrogen) atoms. The van der Waals surface area contributed by atoms with E-state index in [2.05, 4.69) is 10.5 Å². The van der Waals surface area contributed by atoms with Gasteiger partial charge in [0.15, 0.2) is 0 Å². The largest absolute Gasteiger partial charge is 0.361 e. The maximum absolute atomic E-state index is 5.96. The highest BCUT2D eigenvalue weighted by Gasteiger charge is 2.18. The van der Waals surface area contributed by atoms with E-state index in [-0.39, 0.29) is 0 Å². The van der Waals surface area contributed by atoms with Gasteiger partial charge in [-0.3, -0.25) is 0 Å². The average Bonchev–Trinajstić information content (AvgIpc) is 2.64. The van der Waals surface area contributed by atoms with Gasteiger partial charge in [0, 0.05) is 18.7 Å². The Kier molecular flexibility index (Phi) is 3.96. The average molecular weight is 223 g/mol. The van der Waals surface area contributed by atoms with Crippen LogP contribution in [0.25, 0.3) is 0 Å². The SMILES string of the molecule is Cc1cc(CNCC2CCCC(N)C2)no1. The molecule has 1 aromatic heterocycles. The second kappa shape index (κ2) is 5.46. The number of aryl methyl sites for hydroxylation is 1. The second-order valence-electron chi connectivity index (χ2n) is 4.85. The first-order valence-electron chi connectivity index (χ1n) is 6.12. The number of nitrogens with zero attached hydrogens (tertiary/aromatic N) is 1. The van der Waals surface area contributed by atoms with Crippen molar-refractivity contribution in [2.24, 2.45) is 11.7 Å². The fraction of sp³-hybridized carbons (Fsp3) is 0.750. The molecule has 1 saturated carbocycles. The van der Waals surface area contributed by atoms with Crippen molar-refractivity contribution in [2.75, 3.05) is 6.54 Å². The highest BCUT2D eigenvalue weighted by molar-refractivity contribution is 5.02. The number of rotatable bonds is 4. The van der Waals surface area contributed by atoms with Crippen molar-refractivity contribution in [1.82, 2.24) is 10.5 Å². The van der Waals surface area contributed by atoms with Gasteiger partial charge in [0.05, 0.1) is 5.69 Å². The Morgan fingerprint density at radius 1 is 1.56 bits per heavy atom. The summed E-state index contributed by atoms with van der Waals surface area (Å²) in [6.07, 6.45) is 4.93. The zero-order valence-electron chi connectivity index (χ0n) is 9.91. The van der Waals surface area contributed by atoms with Gasteiger partial charge in [-0.25, -0.2) is 0 Å². The molecule has 2 atom stereocenters. The monoisotopic (exact) mass is 223 g/mol. The molecule has 90 valence electrons. The van der Waals surface area contributed by atoms with Gasteiger partial charge >= 0.3 is 0 Å². The van der Waals surface area contributed by atoms with Crippen molar-refractivity contribution in [2.45, 2.75) is 45.2 Å². The Morgan fingerprint density at radius 3 is 3.12 bits per heavy atom. The van der Waals surface area contributed by atoms with Crippen LogP contribution in [-0.2, 0) is 6.54 Å². The van der Waals surface area contributed by atoms with Crippen LogP contribution in [0.4, 0.5) is 0 Å². The van der Waals surface area contributed by atoms with Crippen LogP contribution in [0.5, 0.6) is 0 Å². The van der Waals surface area contributed by atoms with E-state index in [0.717, 1.165) is 36.9 Å². The number of hydrogen-bond donors (Lipinski definition) is 2. The number of nitrogens with two attached hydrogens (primary N) is 1. The lowest BCUT2D eigenvalue weighted by atomic mass is 9.86. The van der Waals surface area contributed by atoms with Crippen molar-refractivity contribution in [3.63, 3.8) is 0 Å². The topological polar surface area (TPSA) is 64.1 Å². The Hall–Kier alpha value is -0.870. The van der Waals surface area contributed by atoms with E-state index >= 15 is 0 Å². The normalized spacial score (nSPS) is 25.9. The molecule has 1 aliphatic carbocycles. The summed E-state index contributed by atoms with van der Waals surface area (Å²) < 4.78 is 5.01. The van der Waals surface area contributed by atoms with Crippen LogP contribution < -0.4 is 11.1 Å². The molecule has 0 spiro atoms. The second-order valence-corrected chi connectivity index (χ2v) is 4.85. The first-order valence-corrected chi connectivity index (χ1v) is 6.12. The maximum Gasteiger partial charge on any atom is 0.133 e. The molecule has 2 unspecified atom stereocenters. The van der Waals surface area contributed by atoms with Crippen LogP contribution in [0, 0.1) is 12.8 Å². The first-order chi connectivity index (χ1) is 7.74. The van der Waals surface area contributed by atoms with Crippen LogP contribution in [0.3, 0.4) is 0 Å². The lowest BCUT2D eigenvalue weighted by Gasteiger charge is -2.26. The van der Waals surface area contributed by atoms with Gasteiger partial charge in [0.2, 0.25) is 0 Å². The summed E-state index contributed by atoms with van der Waals surface area (Å²) in [5, 5.41) is 7.38. The van der Waals surface area contributed by atoms with Gasteiger partial charge in [0.1, 0.15) is 5.76 Å². The van der Waals surface area contributed by atoms with Gasteiger partial charge < -0.3 is 15.6 Å². The maximum atomic E-state index is 5.96. The molecule has 0 bridgehead atoms. The molecule has 0 radical (unpaired) electrons. The van der Waals surface area contributed by atoms with E-state index in [1.54, 1.807) is 0 Å². The summed E-state index contributed by atoms with van der Waals surface area (Å²) in [7, 11) is 0. The minimum absolute atomic E-state index is 0.412. The van der Waals surface area contributed by atoms with Crippen molar-refractivity contribution in [1.29, 1.82) is 0 Å². The smallest absolute Gasteiger partial charge is 0.133 e. The third-order valence-electron chi connectivity index (χ3n) is 3.24. The van der Waals surface area contributed by atoms with E-state index in [4.69, 9.17) is 10.3 Å². The molecule has 1 fully saturated rings. The predicted molar refractivity (Wildman–Crippen MR) is 62.9 cm³/mol. The van der Waals surface area contributed by atoms with Crippen LogP contribution in [-0.4, -0.2) is 17.7 Å². The Morgan fingerprint density at radius 2 is 2.44 bits per heavy atom. The molecule has 1 aliphatic rings. The van der Waals surface area contributed by atoms with Crippen LogP contribution >= 0.6 is 0 Å². The summed E-state index contributed by atoms with van der Waals surface area (Å²) in [5.74, 6) is 1.60. The molecule has 0 aliphatic heterocycles. The van der Waals surface area contributed by atoms with E-state index in [1.807, 2.05) is 13.0 Å². The molecule has 0 amide bonds. The van der Waals surface area contributed by atoms with Crippen molar-refractivity contribution < 1.29 is 4.52 Å². The molecular formula is C12H21N3O. The van der Waals surface area contributed by atoms with E-state index < -0.39 is 0 Å². The Labute approximate surface area is 96.6 Å². The summed E-state index contributed by atoms with van der Waals surface area (Å²) in [4.78, 5) is 0. The molecule has 3 N–H and O–H groups in total. The standard InChI is InChI=1S/C12H21N3O/c1-9-5-12(15-16-9)8-14-7-10-3-2-4-11(13)6-10/h5,10-11,14H,2-4,6-8,13H2,1H3. The lowest BCUT2D eigenvalue weighted by Crippen LogP contribution is -2.33. The minimum Gasteiger partial charge on any atom is -0.361 e. The summed E-state index contributed by atoms with van der Waals surface area (Å²) in [5.41, 5.74) is 6.94. The zero-order chi connectivity index (χ0) is 11.4. The molecular weight excluding hydrogens is 202 g/mol.